The Balaban J connectivity index is 1.06. The molecule has 3 aliphatic heterocycles. The van der Waals surface area contributed by atoms with Crippen molar-refractivity contribution >= 4 is 17.4 Å². The average molecular weight is 444 g/mol. The molecule has 3 aliphatic rings. The molecule has 8 heteroatoms. The zero-order valence-corrected chi connectivity index (χ0v) is 18.3. The summed E-state index contributed by atoms with van der Waals surface area (Å²) in [6.45, 7) is 5.46. The van der Waals surface area contributed by atoms with Crippen LogP contribution < -0.4 is 19.3 Å². The molecule has 0 radical (unpaired) electrons. The molecule has 0 unspecified atom stereocenters. The Morgan fingerprint density at radius 3 is 2.58 bits per heavy atom. The number of hydrogen-bond donors (Lipinski definition) is 0. The highest BCUT2D eigenvalue weighted by Crippen LogP contribution is 2.33. The van der Waals surface area contributed by atoms with E-state index in [4.69, 9.17) is 9.47 Å². The van der Waals surface area contributed by atoms with Crippen LogP contribution in [0.25, 0.3) is 0 Å². The highest BCUT2D eigenvalue weighted by atomic mass is 16.7. The molecule has 1 fully saturated rings. The zero-order chi connectivity index (χ0) is 22.2. The second-order valence-electron chi connectivity index (χ2n) is 8.56. The molecular weight excluding hydrogens is 418 g/mol. The van der Waals surface area contributed by atoms with E-state index >= 15 is 0 Å². The Morgan fingerprint density at radius 1 is 0.879 bits per heavy atom. The Labute approximate surface area is 192 Å². The first-order valence-electron chi connectivity index (χ1n) is 11.3. The fraction of sp³-hybridized carbons (Fsp3) is 0.320. The molecule has 33 heavy (non-hydrogen) atoms. The summed E-state index contributed by atoms with van der Waals surface area (Å²) in [4.78, 5) is 19.4. The van der Waals surface area contributed by atoms with Crippen molar-refractivity contribution in [3.63, 3.8) is 0 Å². The smallest absolute Gasteiger partial charge is 0.278 e. The van der Waals surface area contributed by atoms with E-state index in [1.54, 1.807) is 11.0 Å². The Morgan fingerprint density at radius 2 is 1.73 bits per heavy atom. The van der Waals surface area contributed by atoms with Crippen molar-refractivity contribution in [1.82, 2.24) is 15.1 Å². The lowest BCUT2D eigenvalue weighted by Gasteiger charge is -2.35. The van der Waals surface area contributed by atoms with Crippen LogP contribution in [0.4, 0.5) is 11.5 Å². The molecule has 0 bridgehead atoms. The van der Waals surface area contributed by atoms with Gasteiger partial charge in [0.15, 0.2) is 23.0 Å². The average Bonchev–Trinajstić information content (AvgIpc) is 3.51. The van der Waals surface area contributed by atoms with Crippen LogP contribution in [0, 0.1) is 0 Å². The first kappa shape index (κ1) is 20.0. The largest absolute Gasteiger partial charge is 0.454 e. The summed E-state index contributed by atoms with van der Waals surface area (Å²) in [7, 11) is 0. The standard InChI is InChI=1S/C25H25N5O3/c31-25(30-10-9-19-3-1-2-4-21(19)30)20-6-8-24(27-26-20)29-13-11-28(12-14-29)16-18-5-7-22-23(15-18)33-17-32-22/h1-8,15H,9-14,16-17H2. The minimum atomic E-state index is -0.0902. The Kier molecular flexibility index (Phi) is 5.07. The predicted molar refractivity (Wildman–Crippen MR) is 124 cm³/mol. The predicted octanol–water partition coefficient (Wildman–Crippen LogP) is 2.73. The van der Waals surface area contributed by atoms with Crippen molar-refractivity contribution in [2.24, 2.45) is 0 Å². The van der Waals surface area contributed by atoms with Gasteiger partial charge in [-0.05, 0) is 47.9 Å². The number of ether oxygens (including phenoxy) is 2. The summed E-state index contributed by atoms with van der Waals surface area (Å²) in [6.07, 6.45) is 0.879. The number of nitrogens with zero attached hydrogens (tertiary/aromatic N) is 5. The van der Waals surface area contributed by atoms with E-state index in [1.807, 2.05) is 30.3 Å². The van der Waals surface area contributed by atoms with Crippen molar-refractivity contribution in [1.29, 1.82) is 0 Å². The van der Waals surface area contributed by atoms with Gasteiger partial charge in [0.1, 0.15) is 0 Å². The number of amides is 1. The molecule has 0 aliphatic carbocycles. The maximum absolute atomic E-state index is 13.0. The third-order valence-corrected chi connectivity index (χ3v) is 6.54. The topological polar surface area (TPSA) is 71.0 Å². The van der Waals surface area contributed by atoms with Gasteiger partial charge in [-0.25, -0.2) is 0 Å². The highest BCUT2D eigenvalue weighted by molar-refractivity contribution is 6.06. The number of anilines is 2. The van der Waals surface area contributed by atoms with Gasteiger partial charge in [0.2, 0.25) is 6.79 Å². The number of benzene rings is 2. The van der Waals surface area contributed by atoms with E-state index in [9.17, 15) is 4.79 Å². The first-order valence-corrected chi connectivity index (χ1v) is 11.3. The number of carbonyl (C=O) groups is 1. The SMILES string of the molecule is O=C(c1ccc(N2CCN(Cc3ccc4c(c3)OCO4)CC2)nn1)N1CCc2ccccc21. The summed E-state index contributed by atoms with van der Waals surface area (Å²) in [5, 5.41) is 8.65. The van der Waals surface area contributed by atoms with Gasteiger partial charge in [0.05, 0.1) is 0 Å². The van der Waals surface area contributed by atoms with Crippen molar-refractivity contribution in [2.75, 3.05) is 49.3 Å². The quantitative estimate of drug-likeness (QED) is 0.614. The van der Waals surface area contributed by atoms with Crippen LogP contribution in [0.3, 0.4) is 0 Å². The van der Waals surface area contributed by atoms with Gasteiger partial charge >= 0.3 is 0 Å². The zero-order valence-electron chi connectivity index (χ0n) is 18.3. The maximum Gasteiger partial charge on any atom is 0.278 e. The fourth-order valence-electron chi connectivity index (χ4n) is 4.73. The summed E-state index contributed by atoms with van der Waals surface area (Å²) in [5.74, 6) is 2.37. The molecule has 0 atom stereocenters. The summed E-state index contributed by atoms with van der Waals surface area (Å²) >= 11 is 0. The van der Waals surface area contributed by atoms with Crippen molar-refractivity contribution in [3.05, 3.63) is 71.4 Å². The third kappa shape index (κ3) is 3.87. The number of rotatable bonds is 4. The molecular formula is C25H25N5O3. The van der Waals surface area contributed by atoms with E-state index in [-0.39, 0.29) is 5.91 Å². The number of piperazine rings is 1. The molecule has 0 saturated carbocycles. The normalized spacial score (nSPS) is 17.3. The van der Waals surface area contributed by atoms with Crippen LogP contribution in [0.1, 0.15) is 21.6 Å². The third-order valence-electron chi connectivity index (χ3n) is 6.54. The molecule has 4 heterocycles. The number of para-hydroxylation sites is 1. The summed E-state index contributed by atoms with van der Waals surface area (Å²) in [6, 6.07) is 17.9. The Bertz CT molecular complexity index is 1170. The summed E-state index contributed by atoms with van der Waals surface area (Å²) < 4.78 is 10.9. The van der Waals surface area contributed by atoms with Crippen molar-refractivity contribution in [2.45, 2.75) is 13.0 Å². The van der Waals surface area contributed by atoms with Gasteiger partial charge in [0.25, 0.3) is 5.91 Å². The number of aromatic nitrogens is 2. The molecule has 2 aromatic carbocycles. The van der Waals surface area contributed by atoms with Gasteiger partial charge in [-0.3, -0.25) is 9.69 Å². The minimum absolute atomic E-state index is 0.0902. The van der Waals surface area contributed by atoms with E-state index in [0.717, 1.165) is 62.1 Å². The minimum Gasteiger partial charge on any atom is -0.454 e. The van der Waals surface area contributed by atoms with Gasteiger partial charge in [-0.1, -0.05) is 24.3 Å². The lowest BCUT2D eigenvalue weighted by atomic mass is 10.1. The van der Waals surface area contributed by atoms with Crippen LogP contribution in [0.5, 0.6) is 11.5 Å². The Hall–Kier alpha value is -3.65. The van der Waals surface area contributed by atoms with Crippen LogP contribution in [-0.4, -0.2) is 60.5 Å². The molecule has 3 aromatic rings. The van der Waals surface area contributed by atoms with Crippen molar-refractivity contribution < 1.29 is 14.3 Å². The highest BCUT2D eigenvalue weighted by Gasteiger charge is 2.27. The molecule has 168 valence electrons. The number of carbonyl (C=O) groups excluding carboxylic acids is 1. The summed E-state index contributed by atoms with van der Waals surface area (Å²) in [5.41, 5.74) is 3.79. The molecule has 8 nitrogen and oxygen atoms in total. The van der Waals surface area contributed by atoms with Gasteiger partial charge in [0, 0.05) is 45.0 Å². The monoisotopic (exact) mass is 443 g/mol. The van der Waals surface area contributed by atoms with E-state index < -0.39 is 0 Å². The number of hydrogen-bond acceptors (Lipinski definition) is 7. The molecule has 0 spiro atoms. The maximum atomic E-state index is 13.0. The molecule has 6 rings (SSSR count). The van der Waals surface area contributed by atoms with E-state index in [2.05, 4.69) is 38.2 Å². The second-order valence-corrected chi connectivity index (χ2v) is 8.56. The van der Waals surface area contributed by atoms with Gasteiger partial charge < -0.3 is 19.3 Å². The molecule has 1 saturated heterocycles. The van der Waals surface area contributed by atoms with E-state index in [1.165, 1.54) is 11.1 Å². The van der Waals surface area contributed by atoms with Crippen LogP contribution >= 0.6 is 0 Å². The lowest BCUT2D eigenvalue weighted by molar-refractivity contribution is 0.0983. The van der Waals surface area contributed by atoms with Crippen LogP contribution in [-0.2, 0) is 13.0 Å². The van der Waals surface area contributed by atoms with Crippen LogP contribution in [0.2, 0.25) is 0 Å². The van der Waals surface area contributed by atoms with Gasteiger partial charge in [-0.15, -0.1) is 10.2 Å². The van der Waals surface area contributed by atoms with Gasteiger partial charge in [-0.2, -0.15) is 0 Å². The first-order chi connectivity index (χ1) is 16.2. The molecule has 0 N–H and O–H groups in total. The molecule has 1 amide bonds. The van der Waals surface area contributed by atoms with Crippen LogP contribution in [0.15, 0.2) is 54.6 Å². The number of fused-ring (bicyclic) bond motifs is 2. The van der Waals surface area contributed by atoms with Crippen molar-refractivity contribution in [3.8, 4) is 11.5 Å². The lowest BCUT2D eigenvalue weighted by Crippen LogP contribution is -2.46. The molecule has 1 aromatic heterocycles. The fourth-order valence-corrected chi connectivity index (χ4v) is 4.73. The van der Waals surface area contributed by atoms with E-state index in [0.29, 0.717) is 19.0 Å². The second kappa shape index (κ2) is 8.37.